The van der Waals surface area contributed by atoms with Crippen LogP contribution in [0.2, 0.25) is 0 Å². The van der Waals surface area contributed by atoms with Gasteiger partial charge in [-0.25, -0.2) is 27.9 Å². The van der Waals surface area contributed by atoms with E-state index in [1.165, 1.54) is 32.3 Å². The second-order valence-corrected chi connectivity index (χ2v) is 11.1. The molecular weight excluding hydrogens is 545 g/mol. The summed E-state index contributed by atoms with van der Waals surface area (Å²) in [5.41, 5.74) is 1.42. The molecule has 0 aliphatic carbocycles. The van der Waals surface area contributed by atoms with Crippen LogP contribution in [-0.2, 0) is 4.74 Å². The average Bonchev–Trinajstić information content (AvgIpc) is 3.34. The summed E-state index contributed by atoms with van der Waals surface area (Å²) in [5, 5.41) is 0.640. The number of alkyl halides is 1. The van der Waals surface area contributed by atoms with Crippen LogP contribution >= 0.6 is 0 Å². The van der Waals surface area contributed by atoms with Gasteiger partial charge >= 0.3 is 6.09 Å². The van der Waals surface area contributed by atoms with Gasteiger partial charge in [0.2, 0.25) is 0 Å². The minimum absolute atomic E-state index is 0.194. The lowest BCUT2D eigenvalue weighted by Gasteiger charge is -2.41. The van der Waals surface area contributed by atoms with Crippen molar-refractivity contribution in [1.82, 2.24) is 19.4 Å². The Morgan fingerprint density at radius 3 is 2.57 bits per heavy atom. The smallest absolute Gasteiger partial charge is 0.410 e. The molecule has 1 fully saturated rings. The van der Waals surface area contributed by atoms with E-state index in [0.29, 0.717) is 53.3 Å². The van der Waals surface area contributed by atoms with Gasteiger partial charge in [0.15, 0.2) is 5.65 Å². The fourth-order valence-corrected chi connectivity index (χ4v) is 4.81. The average molecular weight is 583 g/mol. The zero-order valence-electron chi connectivity index (χ0n) is 24.7. The van der Waals surface area contributed by atoms with Crippen LogP contribution in [0.5, 0.6) is 0 Å². The number of hydrogen-bond acceptors (Lipinski definition) is 6. The van der Waals surface area contributed by atoms with Crippen LogP contribution in [-0.4, -0.2) is 69.2 Å². The minimum atomic E-state index is -1.21. The Morgan fingerprint density at radius 1 is 1.21 bits per heavy atom. The Balaban J connectivity index is 1.78. The number of fused-ring (bicyclic) bond motifs is 1. The number of hydrogen-bond donors (Lipinski definition) is 0. The Bertz CT molecular complexity index is 1510. The lowest BCUT2D eigenvalue weighted by Crippen LogP contribution is -2.55. The highest BCUT2D eigenvalue weighted by atomic mass is 19.1. The third kappa shape index (κ3) is 6.66. The summed E-state index contributed by atoms with van der Waals surface area (Å²) in [7, 11) is 0. The number of piperazine rings is 1. The van der Waals surface area contributed by atoms with E-state index in [1.807, 2.05) is 19.9 Å². The van der Waals surface area contributed by atoms with Gasteiger partial charge in [0.05, 0.1) is 11.1 Å². The van der Waals surface area contributed by atoms with Crippen molar-refractivity contribution in [3.63, 3.8) is 0 Å². The van der Waals surface area contributed by atoms with Crippen molar-refractivity contribution in [2.45, 2.75) is 59.1 Å². The molecule has 3 heterocycles. The molecule has 0 spiro atoms. The predicted molar refractivity (Wildman–Crippen MR) is 160 cm³/mol. The lowest BCUT2D eigenvalue weighted by atomic mass is 10.0. The third-order valence-electron chi connectivity index (χ3n) is 7.12. The van der Waals surface area contributed by atoms with Crippen molar-refractivity contribution in [2.75, 3.05) is 31.2 Å². The summed E-state index contributed by atoms with van der Waals surface area (Å²) in [6.45, 7) is 13.5. The van der Waals surface area contributed by atoms with Gasteiger partial charge in [-0.15, -0.1) is 0 Å². The van der Waals surface area contributed by atoms with Crippen LogP contribution in [0.15, 0.2) is 54.6 Å². The summed E-state index contributed by atoms with van der Waals surface area (Å²) in [6.07, 6.45) is 8.19. The van der Waals surface area contributed by atoms with Crippen LogP contribution in [0, 0.1) is 11.6 Å². The molecule has 0 bridgehead atoms. The van der Waals surface area contributed by atoms with E-state index in [-0.39, 0.29) is 11.7 Å². The van der Waals surface area contributed by atoms with Crippen molar-refractivity contribution in [3.8, 4) is 5.69 Å². The Kier molecular flexibility index (Phi) is 9.38. The SMILES string of the molecule is C=C(C(C)=N/C=C\CCC)c1cn(-c2cc(F)cc(F)c2)c2ncnc(N3CCN(C(=O)OC(C)(C)CF)CC3C)c12. The highest BCUT2D eigenvalue weighted by molar-refractivity contribution is 6.25. The molecule has 1 atom stereocenters. The standard InChI is InChI=1S/C31H37F3N6O2/c1-7-8-9-10-35-22(4)21(3)26-17-40(25-14-23(33)13-24(34)15-25)29-27(26)28(36-19-37-29)39-12-11-38(16-20(39)2)30(41)42-31(5,6)18-32/h9-10,13-15,17,19-20H,3,7-8,11-12,16,18H2,1-2,4-6H3/b10-9-,35-22?. The van der Waals surface area contributed by atoms with E-state index in [9.17, 15) is 18.0 Å². The monoisotopic (exact) mass is 582 g/mol. The summed E-state index contributed by atoms with van der Waals surface area (Å²) in [6, 6.07) is 3.09. The zero-order valence-corrected chi connectivity index (χ0v) is 24.7. The molecule has 1 aliphatic heterocycles. The van der Waals surface area contributed by atoms with Crippen molar-refractivity contribution < 1.29 is 22.7 Å². The first-order valence-electron chi connectivity index (χ1n) is 14.0. The first kappa shape index (κ1) is 30.8. The van der Waals surface area contributed by atoms with Crippen molar-refractivity contribution in [3.05, 3.63) is 66.8 Å². The Labute approximate surface area is 244 Å². The second kappa shape index (κ2) is 12.8. The number of aliphatic imine (C=N–C) groups is 1. The minimum Gasteiger partial charge on any atom is -0.441 e. The van der Waals surface area contributed by atoms with Crippen molar-refractivity contribution in [2.24, 2.45) is 4.99 Å². The van der Waals surface area contributed by atoms with Gasteiger partial charge < -0.3 is 19.1 Å². The van der Waals surface area contributed by atoms with Gasteiger partial charge in [-0.2, -0.15) is 0 Å². The molecule has 3 aromatic rings. The summed E-state index contributed by atoms with van der Waals surface area (Å²) >= 11 is 0. The number of allylic oxidation sites excluding steroid dienone is 2. The maximum Gasteiger partial charge on any atom is 0.410 e. The number of anilines is 1. The van der Waals surface area contributed by atoms with Crippen LogP contribution < -0.4 is 4.90 Å². The summed E-state index contributed by atoms with van der Waals surface area (Å²) in [5.74, 6) is -0.841. The van der Waals surface area contributed by atoms with Crippen molar-refractivity contribution >= 4 is 34.2 Å². The van der Waals surface area contributed by atoms with Crippen molar-refractivity contribution in [1.29, 1.82) is 0 Å². The number of nitrogens with zero attached hydrogens (tertiary/aromatic N) is 6. The van der Waals surface area contributed by atoms with Crippen LogP contribution in [0.25, 0.3) is 22.3 Å². The van der Waals surface area contributed by atoms with Gasteiger partial charge in [-0.3, -0.25) is 4.99 Å². The van der Waals surface area contributed by atoms with E-state index in [4.69, 9.17) is 4.74 Å². The molecule has 224 valence electrons. The van der Waals surface area contributed by atoms with E-state index in [0.717, 1.165) is 18.9 Å². The molecule has 4 rings (SSSR count). The van der Waals surface area contributed by atoms with Crippen LogP contribution in [0.1, 0.15) is 53.0 Å². The summed E-state index contributed by atoms with van der Waals surface area (Å²) in [4.78, 5) is 30.0. The number of carbonyl (C=O) groups is 1. The molecule has 1 aliphatic rings. The quantitative estimate of drug-likeness (QED) is 0.257. The number of ether oxygens (including phenoxy) is 1. The predicted octanol–water partition coefficient (Wildman–Crippen LogP) is 6.88. The highest BCUT2D eigenvalue weighted by Gasteiger charge is 2.33. The van der Waals surface area contributed by atoms with E-state index in [2.05, 4.69) is 33.4 Å². The normalized spacial score (nSPS) is 16.5. The van der Waals surface area contributed by atoms with E-state index in [1.54, 1.807) is 21.9 Å². The molecule has 0 saturated carbocycles. The fourth-order valence-electron chi connectivity index (χ4n) is 4.81. The number of unbranched alkanes of at least 4 members (excludes halogenated alkanes) is 1. The largest absolute Gasteiger partial charge is 0.441 e. The highest BCUT2D eigenvalue weighted by Crippen LogP contribution is 2.36. The molecule has 0 radical (unpaired) electrons. The molecule has 0 N–H and O–H groups in total. The second-order valence-electron chi connectivity index (χ2n) is 11.1. The summed E-state index contributed by atoms with van der Waals surface area (Å²) < 4.78 is 48.7. The van der Waals surface area contributed by atoms with Gasteiger partial charge in [0, 0.05) is 55.4 Å². The fraction of sp³-hybridized carbons (Fsp3) is 0.419. The number of carbonyl (C=O) groups excluding carboxylic acids is 1. The molecule has 11 heteroatoms. The molecular formula is C31H37F3N6O2. The van der Waals surface area contributed by atoms with E-state index >= 15 is 0 Å². The molecule has 1 aromatic carbocycles. The number of rotatable bonds is 9. The molecule has 1 saturated heterocycles. The molecule has 1 amide bonds. The first-order chi connectivity index (χ1) is 20.0. The van der Waals surface area contributed by atoms with Gasteiger partial charge in [0.1, 0.15) is 36.1 Å². The molecule has 1 unspecified atom stereocenters. The zero-order chi connectivity index (χ0) is 30.6. The molecule has 2 aromatic heterocycles. The van der Waals surface area contributed by atoms with Crippen LogP contribution in [0.4, 0.5) is 23.8 Å². The number of benzene rings is 1. The Hall–Kier alpha value is -4.15. The topological polar surface area (TPSA) is 75.9 Å². The number of halogens is 3. The van der Waals surface area contributed by atoms with Crippen LogP contribution in [0.3, 0.4) is 0 Å². The van der Waals surface area contributed by atoms with Gasteiger partial charge in [0.25, 0.3) is 0 Å². The molecule has 42 heavy (non-hydrogen) atoms. The number of amides is 1. The first-order valence-corrected chi connectivity index (χ1v) is 14.0. The third-order valence-corrected chi connectivity index (χ3v) is 7.12. The Morgan fingerprint density at radius 2 is 1.93 bits per heavy atom. The lowest BCUT2D eigenvalue weighted by molar-refractivity contribution is -0.00324. The molecule has 8 nitrogen and oxygen atoms in total. The van der Waals surface area contributed by atoms with E-state index < -0.39 is 30.0 Å². The van der Waals surface area contributed by atoms with Gasteiger partial charge in [-0.1, -0.05) is 26.0 Å². The van der Waals surface area contributed by atoms with Gasteiger partial charge in [-0.05, 0) is 51.8 Å². The maximum absolute atomic E-state index is 14.3. The number of aromatic nitrogens is 3. The maximum atomic E-state index is 14.3.